The Morgan fingerprint density at radius 2 is 1.56 bits per heavy atom. The number of sulfonamides is 1. The minimum absolute atomic E-state index is 0.0912. The van der Waals surface area contributed by atoms with Crippen LogP contribution in [0, 0.1) is 20.8 Å². The highest BCUT2D eigenvalue weighted by atomic mass is 32.2. The average Bonchev–Trinajstić information content (AvgIpc) is 2.89. The van der Waals surface area contributed by atoms with Crippen molar-refractivity contribution in [1.82, 2.24) is 10.2 Å². The lowest BCUT2D eigenvalue weighted by molar-refractivity contribution is -0.140. The Balaban J connectivity index is 2.10. The molecule has 0 aliphatic heterocycles. The second kappa shape index (κ2) is 12.9. The fraction of sp³-hybridized carbons (Fsp3) is 0.355. The van der Waals surface area contributed by atoms with E-state index in [2.05, 4.69) is 5.32 Å². The van der Waals surface area contributed by atoms with Crippen LogP contribution in [0.25, 0.3) is 0 Å². The van der Waals surface area contributed by atoms with Gasteiger partial charge in [-0.25, -0.2) is 8.42 Å². The summed E-state index contributed by atoms with van der Waals surface area (Å²) >= 11 is 0. The molecule has 0 aromatic heterocycles. The van der Waals surface area contributed by atoms with Crippen molar-refractivity contribution in [3.05, 3.63) is 95.1 Å². The van der Waals surface area contributed by atoms with E-state index in [-0.39, 0.29) is 23.4 Å². The quantitative estimate of drug-likeness (QED) is 0.359. The number of aryl methyl sites for hydroxylation is 2. The van der Waals surface area contributed by atoms with E-state index in [0.29, 0.717) is 12.1 Å². The zero-order valence-corrected chi connectivity index (χ0v) is 24.5. The summed E-state index contributed by atoms with van der Waals surface area (Å²) in [6.07, 6.45) is 0.380. The van der Waals surface area contributed by atoms with Crippen molar-refractivity contribution in [2.45, 2.75) is 71.5 Å². The third kappa shape index (κ3) is 7.26. The number of nitrogens with one attached hydrogen (secondary N) is 1. The first-order chi connectivity index (χ1) is 18.4. The number of rotatable bonds is 11. The predicted octanol–water partition coefficient (Wildman–Crippen LogP) is 5.14. The zero-order chi connectivity index (χ0) is 28.7. The average molecular weight is 550 g/mol. The molecule has 2 amide bonds. The Kier molecular flexibility index (Phi) is 9.92. The van der Waals surface area contributed by atoms with Gasteiger partial charge in [0, 0.05) is 12.6 Å². The summed E-state index contributed by atoms with van der Waals surface area (Å²) < 4.78 is 29.1. The van der Waals surface area contributed by atoms with Crippen LogP contribution in [0.15, 0.2) is 77.7 Å². The third-order valence-corrected chi connectivity index (χ3v) is 8.48. The summed E-state index contributed by atoms with van der Waals surface area (Å²) in [4.78, 5) is 28.9. The van der Waals surface area contributed by atoms with Crippen molar-refractivity contribution in [1.29, 1.82) is 0 Å². The van der Waals surface area contributed by atoms with E-state index in [1.807, 2.05) is 71.9 Å². The highest BCUT2D eigenvalue weighted by Gasteiger charge is 2.34. The predicted molar refractivity (Wildman–Crippen MR) is 156 cm³/mol. The fourth-order valence-electron chi connectivity index (χ4n) is 4.55. The van der Waals surface area contributed by atoms with Crippen LogP contribution >= 0.6 is 0 Å². The van der Waals surface area contributed by atoms with Crippen LogP contribution in [0.4, 0.5) is 5.69 Å². The van der Waals surface area contributed by atoms with Crippen molar-refractivity contribution in [2.75, 3.05) is 10.8 Å². The van der Waals surface area contributed by atoms with Gasteiger partial charge in [-0.1, -0.05) is 67.1 Å². The summed E-state index contributed by atoms with van der Waals surface area (Å²) in [7, 11) is -4.09. The van der Waals surface area contributed by atoms with E-state index in [4.69, 9.17) is 0 Å². The van der Waals surface area contributed by atoms with Crippen molar-refractivity contribution < 1.29 is 18.0 Å². The van der Waals surface area contributed by atoms with Gasteiger partial charge in [-0.05, 0) is 75.9 Å². The van der Waals surface area contributed by atoms with Crippen molar-refractivity contribution in [3.63, 3.8) is 0 Å². The van der Waals surface area contributed by atoms with E-state index in [0.717, 1.165) is 22.3 Å². The van der Waals surface area contributed by atoms with E-state index < -0.39 is 28.5 Å². The van der Waals surface area contributed by atoms with Gasteiger partial charge in [0.05, 0.1) is 10.6 Å². The van der Waals surface area contributed by atoms with Crippen LogP contribution in [0.5, 0.6) is 0 Å². The first-order valence-corrected chi connectivity index (χ1v) is 14.7. The number of carbonyl (C=O) groups excluding carboxylic acids is 2. The minimum atomic E-state index is -4.09. The molecule has 0 saturated carbocycles. The lowest BCUT2D eigenvalue weighted by Gasteiger charge is -2.34. The molecule has 3 aromatic carbocycles. The van der Waals surface area contributed by atoms with Crippen molar-refractivity contribution in [2.24, 2.45) is 0 Å². The van der Waals surface area contributed by atoms with E-state index in [9.17, 15) is 18.0 Å². The highest BCUT2D eigenvalue weighted by Crippen LogP contribution is 2.29. The van der Waals surface area contributed by atoms with Crippen molar-refractivity contribution in [3.8, 4) is 0 Å². The molecule has 0 fully saturated rings. The molecule has 7 nitrogen and oxygen atoms in total. The van der Waals surface area contributed by atoms with Crippen molar-refractivity contribution >= 4 is 27.5 Å². The standard InChI is InChI=1S/C31H39N3O4S/c1-7-28(31(36)32-22(2)3)33(20-26-15-11-13-23(4)19-26)30(35)21-34(29-18-12-14-24(5)25(29)6)39(37,38)27-16-9-8-10-17-27/h8-19,22,28H,7,20-21H2,1-6H3,(H,32,36). The Labute approximate surface area is 232 Å². The molecule has 8 heteroatoms. The van der Waals surface area contributed by atoms with E-state index in [1.54, 1.807) is 30.3 Å². The molecule has 0 bridgehead atoms. The number of hydrogen-bond donors (Lipinski definition) is 1. The molecule has 0 heterocycles. The molecule has 0 aliphatic rings. The summed E-state index contributed by atoms with van der Waals surface area (Å²) in [6.45, 7) is 11.0. The van der Waals surface area contributed by atoms with Crippen LogP contribution < -0.4 is 9.62 Å². The normalized spacial score (nSPS) is 12.2. The molecule has 3 aromatic rings. The molecule has 3 rings (SSSR count). The van der Waals surface area contributed by atoms with Crippen LogP contribution in [0.2, 0.25) is 0 Å². The number of hydrogen-bond acceptors (Lipinski definition) is 4. The number of benzene rings is 3. The highest BCUT2D eigenvalue weighted by molar-refractivity contribution is 7.92. The minimum Gasteiger partial charge on any atom is -0.352 e. The topological polar surface area (TPSA) is 86.8 Å². The van der Waals surface area contributed by atoms with Crippen LogP contribution in [0.1, 0.15) is 49.4 Å². The van der Waals surface area contributed by atoms with E-state index in [1.165, 1.54) is 21.3 Å². The SMILES string of the molecule is CCC(C(=O)NC(C)C)N(Cc1cccc(C)c1)C(=O)CN(c1cccc(C)c1C)S(=O)(=O)c1ccccc1. The monoisotopic (exact) mass is 549 g/mol. The summed E-state index contributed by atoms with van der Waals surface area (Å²) in [5.41, 5.74) is 4.00. The number of anilines is 1. The molecule has 39 heavy (non-hydrogen) atoms. The van der Waals surface area contributed by atoms with Crippen LogP contribution in [-0.4, -0.2) is 43.8 Å². The van der Waals surface area contributed by atoms with Gasteiger partial charge >= 0.3 is 0 Å². The third-order valence-electron chi connectivity index (χ3n) is 6.71. The van der Waals surface area contributed by atoms with Gasteiger partial charge in [-0.2, -0.15) is 0 Å². The lowest BCUT2D eigenvalue weighted by Crippen LogP contribution is -2.53. The number of nitrogens with zero attached hydrogens (tertiary/aromatic N) is 2. The molecule has 1 unspecified atom stereocenters. The Hall–Kier alpha value is -3.65. The smallest absolute Gasteiger partial charge is 0.264 e. The van der Waals surface area contributed by atoms with E-state index >= 15 is 0 Å². The summed E-state index contributed by atoms with van der Waals surface area (Å²) in [5, 5.41) is 2.92. The number of amides is 2. The number of carbonyl (C=O) groups is 2. The molecule has 1 N–H and O–H groups in total. The lowest BCUT2D eigenvalue weighted by atomic mass is 10.1. The molecule has 1 atom stereocenters. The molecule has 0 spiro atoms. The molecule has 208 valence electrons. The summed E-state index contributed by atoms with van der Waals surface area (Å²) in [6, 6.07) is 20.4. The summed E-state index contributed by atoms with van der Waals surface area (Å²) in [5.74, 6) is -0.722. The second-order valence-corrected chi connectivity index (χ2v) is 12.0. The van der Waals surface area contributed by atoms with Gasteiger partial charge in [0.25, 0.3) is 10.0 Å². The maximum atomic E-state index is 14.1. The maximum Gasteiger partial charge on any atom is 0.264 e. The second-order valence-electron chi connectivity index (χ2n) is 10.1. The Morgan fingerprint density at radius 1 is 0.897 bits per heavy atom. The van der Waals surface area contributed by atoms with Gasteiger partial charge in [0.2, 0.25) is 11.8 Å². The Bertz CT molecular complexity index is 1400. The maximum absolute atomic E-state index is 14.1. The molecule has 0 aliphatic carbocycles. The Morgan fingerprint density at radius 3 is 2.18 bits per heavy atom. The fourth-order valence-corrected chi connectivity index (χ4v) is 6.04. The largest absolute Gasteiger partial charge is 0.352 e. The molecule has 0 radical (unpaired) electrons. The van der Waals surface area contributed by atoms with Crippen LogP contribution in [-0.2, 0) is 26.2 Å². The van der Waals surface area contributed by atoms with Gasteiger partial charge in [0.1, 0.15) is 12.6 Å². The van der Waals surface area contributed by atoms with Gasteiger partial charge in [-0.3, -0.25) is 13.9 Å². The van der Waals surface area contributed by atoms with Crippen LogP contribution in [0.3, 0.4) is 0 Å². The molecule has 0 saturated heterocycles. The van der Waals surface area contributed by atoms with Gasteiger partial charge in [-0.15, -0.1) is 0 Å². The first kappa shape index (κ1) is 29.9. The first-order valence-electron chi connectivity index (χ1n) is 13.2. The molecular formula is C31H39N3O4S. The van der Waals surface area contributed by atoms with Gasteiger partial charge in [0.15, 0.2) is 0 Å². The zero-order valence-electron chi connectivity index (χ0n) is 23.6. The van der Waals surface area contributed by atoms with Gasteiger partial charge < -0.3 is 10.2 Å². The molecular weight excluding hydrogens is 510 g/mol.